The van der Waals surface area contributed by atoms with E-state index in [2.05, 4.69) is 53.8 Å². The minimum atomic E-state index is 0.955. The molecule has 0 fully saturated rings. The van der Waals surface area contributed by atoms with E-state index in [1.807, 2.05) is 37.3 Å². The number of allylic oxidation sites excluding steroid dienone is 3. The highest BCUT2D eigenvalue weighted by Gasteiger charge is 2.04. The maximum absolute atomic E-state index is 5.33. The van der Waals surface area contributed by atoms with E-state index in [4.69, 9.17) is 4.42 Å². The van der Waals surface area contributed by atoms with E-state index < -0.39 is 0 Å². The van der Waals surface area contributed by atoms with Crippen LogP contribution in [0.1, 0.15) is 12.5 Å². The smallest absolute Gasteiger partial charge is 0.114 e. The Kier molecular flexibility index (Phi) is 4.75. The molecule has 0 aliphatic carbocycles. The molecule has 0 amide bonds. The second-order valence-electron chi connectivity index (χ2n) is 5.20. The van der Waals surface area contributed by atoms with Gasteiger partial charge in [-0.1, -0.05) is 60.7 Å². The molecular weight excluding hydrogens is 282 g/mol. The van der Waals surface area contributed by atoms with Gasteiger partial charge in [-0.15, -0.1) is 0 Å². The highest BCUT2D eigenvalue weighted by atomic mass is 16.3. The van der Waals surface area contributed by atoms with Crippen molar-refractivity contribution in [2.24, 2.45) is 0 Å². The fourth-order valence-electron chi connectivity index (χ4n) is 2.37. The van der Waals surface area contributed by atoms with Crippen LogP contribution in [0.15, 0.2) is 89.8 Å². The molecule has 0 aliphatic heterocycles. The van der Waals surface area contributed by atoms with Gasteiger partial charge < -0.3 is 9.73 Å². The summed E-state index contributed by atoms with van der Waals surface area (Å²) < 4.78 is 5.33. The average Bonchev–Trinajstić information content (AvgIpc) is 3.03. The third kappa shape index (κ3) is 3.80. The normalized spacial score (nSPS) is 11.3. The van der Waals surface area contributed by atoms with E-state index in [1.54, 1.807) is 12.5 Å². The molecule has 1 N–H and O–H groups in total. The number of nitrogens with one attached hydrogen (secondary N) is 1. The molecule has 114 valence electrons. The Morgan fingerprint density at radius 1 is 0.870 bits per heavy atom. The molecule has 1 heterocycles. The second kappa shape index (κ2) is 7.32. The van der Waals surface area contributed by atoms with E-state index in [0.717, 1.165) is 16.9 Å². The first-order valence-corrected chi connectivity index (χ1v) is 7.65. The zero-order valence-electron chi connectivity index (χ0n) is 13.1. The molecule has 23 heavy (non-hydrogen) atoms. The first kappa shape index (κ1) is 14.9. The van der Waals surface area contributed by atoms with Gasteiger partial charge in [0.15, 0.2) is 0 Å². The largest absolute Gasteiger partial charge is 0.470 e. The molecule has 0 aliphatic rings. The van der Waals surface area contributed by atoms with Gasteiger partial charge in [0, 0.05) is 11.3 Å². The summed E-state index contributed by atoms with van der Waals surface area (Å²) in [6.07, 6.45) is 11.5. The van der Waals surface area contributed by atoms with Crippen molar-refractivity contribution in [3.05, 3.63) is 90.9 Å². The zero-order valence-corrected chi connectivity index (χ0v) is 13.1. The van der Waals surface area contributed by atoms with Gasteiger partial charge in [0.05, 0.1) is 12.0 Å². The van der Waals surface area contributed by atoms with Crippen LogP contribution in [-0.4, -0.2) is 0 Å². The monoisotopic (exact) mass is 301 g/mol. The number of hydrogen-bond donors (Lipinski definition) is 1. The summed E-state index contributed by atoms with van der Waals surface area (Å²) in [5.74, 6) is 0. The van der Waals surface area contributed by atoms with Crippen molar-refractivity contribution in [1.29, 1.82) is 0 Å². The predicted octanol–water partition coefficient (Wildman–Crippen LogP) is 6.28. The fraction of sp³-hybridized carbons (Fsp3) is 0.0476. The van der Waals surface area contributed by atoms with Gasteiger partial charge in [-0.25, -0.2) is 0 Å². The minimum absolute atomic E-state index is 0.955. The van der Waals surface area contributed by atoms with Crippen LogP contribution in [0.4, 0.5) is 11.4 Å². The Bertz CT molecular complexity index is 813. The first-order valence-electron chi connectivity index (χ1n) is 7.65. The highest BCUT2D eigenvalue weighted by Crippen LogP contribution is 2.27. The predicted molar refractivity (Wildman–Crippen MR) is 97.7 cm³/mol. The van der Waals surface area contributed by atoms with Crippen LogP contribution in [0.3, 0.4) is 0 Å². The van der Waals surface area contributed by atoms with Gasteiger partial charge in [-0.3, -0.25) is 0 Å². The Balaban J connectivity index is 1.83. The Labute approximate surface area is 136 Å². The van der Waals surface area contributed by atoms with Gasteiger partial charge >= 0.3 is 0 Å². The fourth-order valence-corrected chi connectivity index (χ4v) is 2.37. The van der Waals surface area contributed by atoms with E-state index in [-0.39, 0.29) is 0 Å². The summed E-state index contributed by atoms with van der Waals surface area (Å²) in [4.78, 5) is 0. The zero-order chi connectivity index (χ0) is 15.9. The van der Waals surface area contributed by atoms with Crippen LogP contribution >= 0.6 is 0 Å². The summed E-state index contributed by atoms with van der Waals surface area (Å²) in [7, 11) is 0. The average molecular weight is 301 g/mol. The Morgan fingerprint density at radius 2 is 1.70 bits per heavy atom. The first-order chi connectivity index (χ1) is 11.4. The molecule has 0 unspecified atom stereocenters. The minimum Gasteiger partial charge on any atom is -0.470 e. The van der Waals surface area contributed by atoms with Gasteiger partial charge in [0.2, 0.25) is 0 Å². The van der Waals surface area contributed by atoms with Crippen LogP contribution in [0.5, 0.6) is 0 Å². The van der Waals surface area contributed by atoms with Crippen molar-refractivity contribution in [1.82, 2.24) is 0 Å². The summed E-state index contributed by atoms with van der Waals surface area (Å²) in [6, 6.07) is 18.7. The molecule has 1 aromatic heterocycles. The third-order valence-corrected chi connectivity index (χ3v) is 3.52. The van der Waals surface area contributed by atoms with Gasteiger partial charge in [0.25, 0.3) is 0 Å². The molecule has 2 heteroatoms. The Hall–Kier alpha value is -3.00. The lowest BCUT2D eigenvalue weighted by atomic mass is 10.1. The van der Waals surface area contributed by atoms with Crippen LogP contribution in [-0.2, 0) is 0 Å². The molecule has 3 aromatic rings. The lowest BCUT2D eigenvalue weighted by Gasteiger charge is -2.08. The number of rotatable bonds is 5. The van der Waals surface area contributed by atoms with E-state index in [0.29, 0.717) is 0 Å². The van der Waals surface area contributed by atoms with Crippen molar-refractivity contribution < 1.29 is 4.42 Å². The quantitative estimate of drug-likeness (QED) is 0.561. The van der Waals surface area contributed by atoms with E-state index >= 15 is 0 Å². The van der Waals surface area contributed by atoms with Crippen LogP contribution in [0.25, 0.3) is 17.2 Å². The molecular formula is C21H19NO. The van der Waals surface area contributed by atoms with Crippen molar-refractivity contribution in [3.63, 3.8) is 0 Å². The van der Waals surface area contributed by atoms with Gasteiger partial charge in [-0.2, -0.15) is 0 Å². The lowest BCUT2D eigenvalue weighted by Crippen LogP contribution is -1.90. The summed E-state index contributed by atoms with van der Waals surface area (Å²) in [5, 5.41) is 3.42. The molecule has 3 rings (SSSR count). The number of benzene rings is 2. The number of furan rings is 1. The molecule has 0 saturated heterocycles. The van der Waals surface area contributed by atoms with E-state index in [9.17, 15) is 0 Å². The molecule has 0 atom stereocenters. The lowest BCUT2D eigenvalue weighted by molar-refractivity contribution is 0.567. The summed E-state index contributed by atoms with van der Waals surface area (Å²) >= 11 is 0. The Morgan fingerprint density at radius 3 is 2.52 bits per heavy atom. The SMILES string of the molecule is C/C=C\C=C/c1cocc1Nc1cccc(-c2ccccc2)c1. The van der Waals surface area contributed by atoms with Crippen molar-refractivity contribution >= 4 is 17.5 Å². The van der Waals surface area contributed by atoms with Gasteiger partial charge in [-0.05, 0) is 36.3 Å². The molecule has 0 spiro atoms. The van der Waals surface area contributed by atoms with Crippen LogP contribution in [0.2, 0.25) is 0 Å². The number of hydrogen-bond acceptors (Lipinski definition) is 2. The topological polar surface area (TPSA) is 25.2 Å². The van der Waals surface area contributed by atoms with Crippen molar-refractivity contribution in [2.45, 2.75) is 6.92 Å². The molecule has 2 aromatic carbocycles. The van der Waals surface area contributed by atoms with Gasteiger partial charge in [0.1, 0.15) is 6.26 Å². The molecule has 0 saturated carbocycles. The maximum atomic E-state index is 5.33. The number of anilines is 2. The van der Waals surface area contributed by atoms with Crippen LogP contribution < -0.4 is 5.32 Å². The van der Waals surface area contributed by atoms with Crippen molar-refractivity contribution in [2.75, 3.05) is 5.32 Å². The summed E-state index contributed by atoms with van der Waals surface area (Å²) in [6.45, 7) is 1.99. The molecule has 0 bridgehead atoms. The third-order valence-electron chi connectivity index (χ3n) is 3.52. The second-order valence-corrected chi connectivity index (χ2v) is 5.20. The molecule has 0 radical (unpaired) electrons. The van der Waals surface area contributed by atoms with Crippen LogP contribution in [0, 0.1) is 0 Å². The van der Waals surface area contributed by atoms with E-state index in [1.165, 1.54) is 11.1 Å². The standard InChI is InChI=1S/C21H19NO/c1-2-3-5-11-19-15-23-16-21(19)22-20-13-8-12-18(14-20)17-9-6-4-7-10-17/h2-16,22H,1H3/b3-2-,11-5-. The summed E-state index contributed by atoms with van der Waals surface area (Å²) in [5.41, 5.74) is 5.40. The van der Waals surface area contributed by atoms with Crippen molar-refractivity contribution in [3.8, 4) is 11.1 Å². The maximum Gasteiger partial charge on any atom is 0.114 e. The molecule has 2 nitrogen and oxygen atoms in total. The highest BCUT2D eigenvalue weighted by molar-refractivity contribution is 5.74.